The zero-order valence-corrected chi connectivity index (χ0v) is 20.5. The Morgan fingerprint density at radius 1 is 1.33 bits per heavy atom. The molecule has 1 heterocycles. The largest absolute Gasteiger partial charge is 0.410 e. The van der Waals surface area contributed by atoms with E-state index in [2.05, 4.69) is 99.7 Å². The zero-order chi connectivity index (χ0) is 18.7. The van der Waals surface area contributed by atoms with Crippen molar-refractivity contribution in [2.75, 3.05) is 0 Å². The van der Waals surface area contributed by atoms with E-state index in [-0.39, 0.29) is 11.1 Å². The van der Waals surface area contributed by atoms with Crippen LogP contribution in [0.15, 0.2) is 20.6 Å². The van der Waals surface area contributed by atoms with Gasteiger partial charge in [-0.3, -0.25) is 0 Å². The third-order valence-electron chi connectivity index (χ3n) is 4.66. The number of aryl methyl sites for hydroxylation is 1. The van der Waals surface area contributed by atoms with Gasteiger partial charge in [-0.1, -0.05) is 33.8 Å². The molecule has 0 bridgehead atoms. The van der Waals surface area contributed by atoms with E-state index in [0.29, 0.717) is 5.92 Å². The van der Waals surface area contributed by atoms with E-state index in [9.17, 15) is 0 Å². The lowest BCUT2D eigenvalue weighted by Gasteiger charge is -2.41. The van der Waals surface area contributed by atoms with E-state index >= 15 is 0 Å². The van der Waals surface area contributed by atoms with E-state index in [1.54, 1.807) is 11.3 Å². The van der Waals surface area contributed by atoms with Crippen LogP contribution in [0, 0.1) is 12.8 Å². The summed E-state index contributed by atoms with van der Waals surface area (Å²) in [4.78, 5) is 4.58. The predicted octanol–water partition coefficient (Wildman–Crippen LogP) is 7.22. The maximum atomic E-state index is 6.80. The Labute approximate surface area is 167 Å². The molecular formula is C19H32INOSSi. The first-order valence-electron chi connectivity index (χ1n) is 8.45. The van der Waals surface area contributed by atoms with E-state index in [1.807, 2.05) is 6.92 Å². The monoisotopic (exact) mass is 477 g/mol. The summed E-state index contributed by atoms with van der Waals surface area (Å²) < 4.78 is 8.11. The molecule has 0 aromatic carbocycles. The summed E-state index contributed by atoms with van der Waals surface area (Å²) in [7, 11) is -1.85. The Balaban J connectivity index is 3.18. The van der Waals surface area contributed by atoms with Crippen LogP contribution >= 0.6 is 33.9 Å². The number of halogens is 1. The summed E-state index contributed by atoms with van der Waals surface area (Å²) >= 11 is 4.08. The molecule has 136 valence electrons. The smallest absolute Gasteiger partial charge is 0.192 e. The number of rotatable bonds is 6. The van der Waals surface area contributed by atoms with Gasteiger partial charge in [-0.05, 0) is 76.7 Å². The van der Waals surface area contributed by atoms with Gasteiger partial charge in [0.05, 0.1) is 16.8 Å². The molecule has 2 nitrogen and oxygen atoms in total. The molecule has 1 aromatic rings. The van der Waals surface area contributed by atoms with Gasteiger partial charge in [-0.25, -0.2) is 4.98 Å². The molecule has 1 aromatic heterocycles. The summed E-state index contributed by atoms with van der Waals surface area (Å²) in [5.41, 5.74) is 2.30. The zero-order valence-electron chi connectivity index (χ0n) is 16.5. The lowest BCUT2D eigenvalue weighted by Crippen LogP contribution is -2.45. The van der Waals surface area contributed by atoms with Crippen molar-refractivity contribution < 1.29 is 4.43 Å². The molecular weight excluding hydrogens is 445 g/mol. The average molecular weight is 478 g/mol. The molecule has 0 aliphatic heterocycles. The normalized spacial score (nSPS) is 17.1. The molecule has 2 atom stereocenters. The van der Waals surface area contributed by atoms with Crippen molar-refractivity contribution in [2.24, 2.45) is 5.92 Å². The quantitative estimate of drug-likeness (QED) is 0.319. The molecule has 0 spiro atoms. The van der Waals surface area contributed by atoms with Gasteiger partial charge >= 0.3 is 0 Å². The molecule has 0 aliphatic rings. The second kappa shape index (κ2) is 8.60. The topological polar surface area (TPSA) is 22.1 Å². The minimum absolute atomic E-state index is 0.0950. The summed E-state index contributed by atoms with van der Waals surface area (Å²) in [5.74, 6) is 0.340. The van der Waals surface area contributed by atoms with Gasteiger partial charge in [0.15, 0.2) is 8.32 Å². The number of nitrogens with zero attached hydrogens (tertiary/aromatic N) is 1. The molecule has 0 fully saturated rings. The molecule has 0 unspecified atom stereocenters. The molecule has 5 heteroatoms. The molecule has 0 amide bonds. The second-order valence-corrected chi connectivity index (χ2v) is 15.6. The van der Waals surface area contributed by atoms with Crippen molar-refractivity contribution in [1.82, 2.24) is 4.98 Å². The third-order valence-corrected chi connectivity index (χ3v) is 10.3. The van der Waals surface area contributed by atoms with E-state index in [4.69, 9.17) is 4.43 Å². The highest BCUT2D eigenvalue weighted by molar-refractivity contribution is 14.1. The van der Waals surface area contributed by atoms with Crippen molar-refractivity contribution >= 4 is 48.3 Å². The summed E-state index contributed by atoms with van der Waals surface area (Å²) in [5, 5.41) is 3.42. The van der Waals surface area contributed by atoms with Crippen LogP contribution in [0.2, 0.25) is 18.1 Å². The van der Waals surface area contributed by atoms with Crippen LogP contribution in [-0.4, -0.2) is 19.4 Å². The van der Waals surface area contributed by atoms with E-state index < -0.39 is 8.32 Å². The van der Waals surface area contributed by atoms with Crippen molar-refractivity contribution in [3.05, 3.63) is 31.3 Å². The second-order valence-electron chi connectivity index (χ2n) is 8.09. The van der Waals surface area contributed by atoms with Crippen LogP contribution in [0.1, 0.15) is 52.2 Å². The van der Waals surface area contributed by atoms with Gasteiger partial charge in [0, 0.05) is 11.3 Å². The first kappa shape index (κ1) is 22.1. The molecule has 24 heavy (non-hydrogen) atoms. The van der Waals surface area contributed by atoms with Gasteiger partial charge in [-0.15, -0.1) is 11.3 Å². The average Bonchev–Trinajstić information content (AvgIpc) is 2.79. The fourth-order valence-electron chi connectivity index (χ4n) is 2.32. The van der Waals surface area contributed by atoms with Crippen molar-refractivity contribution in [3.63, 3.8) is 0 Å². The molecule has 0 saturated heterocycles. The van der Waals surface area contributed by atoms with Crippen molar-refractivity contribution in [2.45, 2.75) is 72.7 Å². The van der Waals surface area contributed by atoms with Crippen LogP contribution in [0.4, 0.5) is 0 Å². The highest BCUT2D eigenvalue weighted by Crippen LogP contribution is 2.39. The highest BCUT2D eigenvalue weighted by atomic mass is 127. The summed E-state index contributed by atoms with van der Waals surface area (Å²) in [6, 6.07) is 0. The molecule has 0 aliphatic carbocycles. The van der Waals surface area contributed by atoms with E-state index in [0.717, 1.165) is 10.7 Å². The first-order chi connectivity index (χ1) is 10.8. The SMILES string of the molecule is C/C(I)=C\[C@H](C)[C@H](O[Si](C)(C)C(C)(C)C)/C(C)=C/c1csc(C)n1. The predicted molar refractivity (Wildman–Crippen MR) is 120 cm³/mol. The van der Waals surface area contributed by atoms with Crippen molar-refractivity contribution in [1.29, 1.82) is 0 Å². The number of thiazole rings is 1. The van der Waals surface area contributed by atoms with E-state index in [1.165, 1.54) is 9.15 Å². The Morgan fingerprint density at radius 3 is 2.33 bits per heavy atom. The Bertz CT molecular complexity index is 609. The van der Waals surface area contributed by atoms with Gasteiger partial charge in [0.1, 0.15) is 0 Å². The standard InChI is InChI=1S/C19H32INOSSi/c1-13(10-15(3)20)18(22-24(8,9)19(5,6)7)14(2)11-17-12-23-16(4)21-17/h10-13,18H,1-9H3/b14-11+,15-10+/t13-,18-/m0/s1. The summed E-state index contributed by atoms with van der Waals surface area (Å²) in [6.45, 7) is 20.2. The number of hydrogen-bond donors (Lipinski definition) is 0. The van der Waals surface area contributed by atoms with Crippen LogP contribution in [0.25, 0.3) is 6.08 Å². The number of allylic oxidation sites excluding steroid dienone is 1. The Kier molecular flexibility index (Phi) is 7.91. The molecule has 0 radical (unpaired) electrons. The Morgan fingerprint density at radius 2 is 1.92 bits per heavy atom. The lowest BCUT2D eigenvalue weighted by atomic mass is 9.97. The van der Waals surface area contributed by atoms with Gasteiger partial charge in [0.25, 0.3) is 0 Å². The summed E-state index contributed by atoms with van der Waals surface area (Å²) in [6.07, 6.45) is 4.59. The van der Waals surface area contributed by atoms with Gasteiger partial charge in [0.2, 0.25) is 0 Å². The number of hydrogen-bond acceptors (Lipinski definition) is 3. The maximum Gasteiger partial charge on any atom is 0.192 e. The van der Waals surface area contributed by atoms with Gasteiger partial charge < -0.3 is 4.43 Å². The number of aromatic nitrogens is 1. The van der Waals surface area contributed by atoms with Crippen LogP contribution in [0.5, 0.6) is 0 Å². The molecule has 1 rings (SSSR count). The molecule has 0 saturated carbocycles. The van der Waals surface area contributed by atoms with Crippen LogP contribution in [-0.2, 0) is 4.43 Å². The lowest BCUT2D eigenvalue weighted by molar-refractivity contribution is 0.179. The molecule has 0 N–H and O–H groups in total. The fraction of sp³-hybridized carbons (Fsp3) is 0.632. The van der Waals surface area contributed by atoms with Crippen molar-refractivity contribution in [3.8, 4) is 0 Å². The van der Waals surface area contributed by atoms with Gasteiger partial charge in [-0.2, -0.15) is 0 Å². The maximum absolute atomic E-state index is 6.80. The minimum Gasteiger partial charge on any atom is -0.410 e. The van der Waals surface area contributed by atoms with Crippen LogP contribution in [0.3, 0.4) is 0 Å². The first-order valence-corrected chi connectivity index (χ1v) is 13.3. The fourth-order valence-corrected chi connectivity index (χ4v) is 4.85. The van der Waals surface area contributed by atoms with Crippen LogP contribution < -0.4 is 0 Å². The minimum atomic E-state index is -1.85. The Hall–Kier alpha value is 0.0169. The third kappa shape index (κ3) is 6.39. The highest BCUT2D eigenvalue weighted by Gasteiger charge is 2.40.